The fourth-order valence-corrected chi connectivity index (χ4v) is 7.38. The third kappa shape index (κ3) is 7.05. The van der Waals surface area contributed by atoms with Gasteiger partial charge in [-0.15, -0.1) is 0 Å². The molecule has 2 aromatic carbocycles. The highest BCUT2D eigenvalue weighted by molar-refractivity contribution is 5.77. The van der Waals surface area contributed by atoms with E-state index in [2.05, 4.69) is 61.8 Å². The van der Waals surface area contributed by atoms with E-state index in [1.165, 1.54) is 47.9 Å². The minimum atomic E-state index is -0.899. The predicted octanol–water partition coefficient (Wildman–Crippen LogP) is 7.59. The van der Waals surface area contributed by atoms with Gasteiger partial charge in [0.05, 0.1) is 23.8 Å². The number of carboxylic acids is 1. The van der Waals surface area contributed by atoms with Crippen molar-refractivity contribution in [2.45, 2.75) is 98.4 Å². The van der Waals surface area contributed by atoms with Gasteiger partial charge in [-0.05, 0) is 93.0 Å². The van der Waals surface area contributed by atoms with Crippen LogP contribution in [0.2, 0.25) is 0 Å². The molecule has 2 aliphatic rings. The Labute approximate surface area is 269 Å². The number of hydrogen-bond acceptors (Lipinski definition) is 6. The fourth-order valence-electron chi connectivity index (χ4n) is 7.38. The zero-order valence-electron chi connectivity index (χ0n) is 28.1. The van der Waals surface area contributed by atoms with Crippen molar-refractivity contribution in [2.75, 3.05) is 31.7 Å². The van der Waals surface area contributed by atoms with Crippen molar-refractivity contribution in [1.29, 1.82) is 0 Å². The highest BCUT2D eigenvalue weighted by atomic mass is 16.5. The van der Waals surface area contributed by atoms with Crippen molar-refractivity contribution in [2.24, 2.45) is 5.41 Å². The number of carboxylic acid groups (broad SMARTS) is 1. The summed E-state index contributed by atoms with van der Waals surface area (Å²) in [6.07, 6.45) is 6.65. The molecule has 1 fully saturated rings. The van der Waals surface area contributed by atoms with Crippen LogP contribution in [0.4, 0.5) is 5.82 Å². The minimum absolute atomic E-state index is 0.306. The molecular formula is C38H51N3O4. The van der Waals surface area contributed by atoms with E-state index in [1.807, 2.05) is 31.2 Å². The number of ether oxygens (including phenoxy) is 2. The van der Waals surface area contributed by atoms with Crippen molar-refractivity contribution in [3.05, 3.63) is 76.3 Å². The summed E-state index contributed by atoms with van der Waals surface area (Å²) in [4.78, 5) is 22.1. The van der Waals surface area contributed by atoms with Gasteiger partial charge < -0.3 is 19.5 Å². The molecule has 1 N–H and O–H groups in total. The number of hydrogen-bond donors (Lipinski definition) is 1. The van der Waals surface area contributed by atoms with E-state index in [0.717, 1.165) is 47.9 Å². The molecule has 2 atom stereocenters. The fraction of sp³-hybridized carbons (Fsp3) is 0.526. The lowest BCUT2D eigenvalue weighted by Crippen LogP contribution is -2.46. The van der Waals surface area contributed by atoms with E-state index in [9.17, 15) is 9.90 Å². The second-order valence-corrected chi connectivity index (χ2v) is 13.3. The van der Waals surface area contributed by atoms with Crippen LogP contribution >= 0.6 is 0 Å². The Hall–Kier alpha value is -3.42. The highest BCUT2D eigenvalue weighted by Gasteiger charge is 2.50. The quantitative estimate of drug-likeness (QED) is 0.213. The number of pyridine rings is 1. The lowest BCUT2D eigenvalue weighted by Gasteiger charge is -2.36. The first-order valence-electron chi connectivity index (χ1n) is 16.7. The van der Waals surface area contributed by atoms with Gasteiger partial charge in [-0.3, -0.25) is 9.69 Å². The Morgan fingerprint density at radius 2 is 1.87 bits per heavy atom. The number of fused-ring (bicyclic) bond motifs is 1. The number of rotatable bonds is 13. The van der Waals surface area contributed by atoms with Crippen LogP contribution in [0.5, 0.6) is 5.75 Å². The topological polar surface area (TPSA) is 75.1 Å². The second-order valence-electron chi connectivity index (χ2n) is 13.3. The Morgan fingerprint density at radius 3 is 2.58 bits per heavy atom. The first-order chi connectivity index (χ1) is 21.7. The molecular weight excluding hydrogens is 562 g/mol. The lowest BCUT2D eigenvalue weighted by molar-refractivity contribution is -0.148. The third-order valence-electron chi connectivity index (χ3n) is 10.0. The van der Waals surface area contributed by atoms with Crippen LogP contribution in [0.1, 0.15) is 80.7 Å². The summed E-state index contributed by atoms with van der Waals surface area (Å²) < 4.78 is 12.0. The van der Waals surface area contributed by atoms with Gasteiger partial charge in [0, 0.05) is 38.3 Å². The summed E-state index contributed by atoms with van der Waals surface area (Å²) in [5, 5.41) is 10.0. The first kappa shape index (κ1) is 33.0. The second kappa shape index (κ2) is 14.3. The van der Waals surface area contributed by atoms with Gasteiger partial charge in [0.2, 0.25) is 0 Å². The summed E-state index contributed by atoms with van der Waals surface area (Å²) in [5.41, 5.74) is 7.46. The standard InChI is InChI=1S/C38H51N3O4/c1-7-10-30(11-8-2)40-18-16-29-22-28(21-27(4)32(29)23-40)24-45-34-15-14-26(3)20-31(34)33-12-9-13-36(39-33)41-19-17-38(5,37(42)43)35(41)25-44-6/h9,12-15,20-22,30,35H,7-8,10-11,16-19,23-25H2,1-6H3,(H,42,43)/t35?,38-/m1/s1. The molecule has 5 rings (SSSR count). The maximum atomic E-state index is 12.2. The summed E-state index contributed by atoms with van der Waals surface area (Å²) in [7, 11) is 1.62. The molecule has 1 aromatic heterocycles. The number of methoxy groups -OCH3 is 1. The van der Waals surface area contributed by atoms with Gasteiger partial charge in [0.1, 0.15) is 18.2 Å². The van der Waals surface area contributed by atoms with E-state index >= 15 is 0 Å². The molecule has 0 saturated carbocycles. The minimum Gasteiger partial charge on any atom is -0.488 e. The van der Waals surface area contributed by atoms with Gasteiger partial charge in [-0.1, -0.05) is 56.5 Å². The largest absolute Gasteiger partial charge is 0.488 e. The van der Waals surface area contributed by atoms with Gasteiger partial charge >= 0.3 is 5.97 Å². The van der Waals surface area contributed by atoms with Gasteiger partial charge in [0.25, 0.3) is 0 Å². The summed E-state index contributed by atoms with van der Waals surface area (Å²) in [6, 6.07) is 17.2. The number of nitrogens with zero attached hydrogens (tertiary/aromatic N) is 3. The van der Waals surface area contributed by atoms with Gasteiger partial charge in [-0.2, -0.15) is 0 Å². The zero-order chi connectivity index (χ0) is 32.1. The van der Waals surface area contributed by atoms with Crippen LogP contribution in [-0.2, 0) is 29.1 Å². The van der Waals surface area contributed by atoms with Crippen molar-refractivity contribution in [3.63, 3.8) is 0 Å². The summed E-state index contributed by atoms with van der Waals surface area (Å²) in [6.45, 7) is 14.3. The van der Waals surface area contributed by atoms with E-state index in [1.54, 1.807) is 7.11 Å². The molecule has 0 bridgehead atoms. The van der Waals surface area contributed by atoms with Crippen LogP contribution in [-0.4, -0.2) is 59.8 Å². The normalized spacial score (nSPS) is 20.1. The first-order valence-corrected chi connectivity index (χ1v) is 16.7. The van der Waals surface area contributed by atoms with Gasteiger partial charge in [-0.25, -0.2) is 4.98 Å². The molecule has 7 nitrogen and oxygen atoms in total. The van der Waals surface area contributed by atoms with Crippen LogP contribution in [0.25, 0.3) is 11.3 Å². The summed E-state index contributed by atoms with van der Waals surface area (Å²) in [5.74, 6) is 0.745. The molecule has 0 aliphatic carbocycles. The number of anilines is 1. The average Bonchev–Trinajstić information content (AvgIpc) is 3.37. The van der Waals surface area contributed by atoms with E-state index < -0.39 is 11.4 Å². The number of aliphatic carboxylic acids is 1. The van der Waals surface area contributed by atoms with Crippen molar-refractivity contribution >= 4 is 11.8 Å². The van der Waals surface area contributed by atoms with Crippen LogP contribution in [0.15, 0.2) is 48.5 Å². The smallest absolute Gasteiger partial charge is 0.311 e. The Balaban J connectivity index is 1.36. The van der Waals surface area contributed by atoms with E-state index in [-0.39, 0.29) is 6.04 Å². The molecule has 7 heteroatoms. The van der Waals surface area contributed by atoms with Crippen LogP contribution in [0.3, 0.4) is 0 Å². The molecule has 1 unspecified atom stereocenters. The molecule has 45 heavy (non-hydrogen) atoms. The molecule has 3 aromatic rings. The van der Waals surface area contributed by atoms with Gasteiger partial charge in [0.15, 0.2) is 0 Å². The molecule has 0 amide bonds. The maximum Gasteiger partial charge on any atom is 0.311 e. The number of aromatic nitrogens is 1. The van der Waals surface area contributed by atoms with Crippen molar-refractivity contribution in [1.82, 2.24) is 9.88 Å². The predicted molar refractivity (Wildman–Crippen MR) is 181 cm³/mol. The Morgan fingerprint density at radius 1 is 1.09 bits per heavy atom. The number of carbonyl (C=O) groups is 1. The summed E-state index contributed by atoms with van der Waals surface area (Å²) >= 11 is 0. The molecule has 1 saturated heterocycles. The van der Waals surface area contributed by atoms with Crippen LogP contribution in [0, 0.1) is 19.3 Å². The Kier molecular flexibility index (Phi) is 10.5. The van der Waals surface area contributed by atoms with Crippen molar-refractivity contribution in [3.8, 4) is 17.0 Å². The highest BCUT2D eigenvalue weighted by Crippen LogP contribution is 2.40. The maximum absolute atomic E-state index is 12.2. The molecule has 0 spiro atoms. The SMILES string of the molecule is CCCC(CCC)N1CCc2cc(COc3ccc(C)cc3-c3cccc(N4CC[C@@](C)(C(=O)O)C4COC)n3)cc(C)c2C1. The third-order valence-corrected chi connectivity index (χ3v) is 10.0. The zero-order valence-corrected chi connectivity index (χ0v) is 28.1. The lowest BCUT2D eigenvalue weighted by atomic mass is 9.83. The van der Waals surface area contributed by atoms with Crippen molar-refractivity contribution < 1.29 is 19.4 Å². The monoisotopic (exact) mass is 613 g/mol. The van der Waals surface area contributed by atoms with E-state index in [0.29, 0.717) is 32.2 Å². The Bertz CT molecular complexity index is 1480. The average molecular weight is 614 g/mol. The van der Waals surface area contributed by atoms with Crippen LogP contribution < -0.4 is 9.64 Å². The molecule has 0 radical (unpaired) electrons. The number of benzene rings is 2. The number of aryl methyl sites for hydroxylation is 2. The molecule has 2 aliphatic heterocycles. The van der Waals surface area contributed by atoms with E-state index in [4.69, 9.17) is 14.5 Å². The molecule has 3 heterocycles. The molecule has 242 valence electrons.